The number of rotatable bonds is 6. The Morgan fingerprint density at radius 3 is 2.34 bits per heavy atom. The van der Waals surface area contributed by atoms with Crippen LogP contribution in [0, 0.1) is 0 Å². The first-order valence-electron chi connectivity index (χ1n) is 10.7. The van der Waals surface area contributed by atoms with E-state index in [4.69, 9.17) is 4.74 Å². The Bertz CT molecular complexity index is 793. The number of hydrogen-bond donors (Lipinski definition) is 2. The van der Waals surface area contributed by atoms with E-state index in [-0.39, 0.29) is 5.41 Å². The van der Waals surface area contributed by atoms with Crippen LogP contribution < -0.4 is 15.5 Å². The van der Waals surface area contributed by atoms with E-state index in [1.165, 1.54) is 36.1 Å². The van der Waals surface area contributed by atoms with Crippen molar-refractivity contribution < 1.29 is 4.74 Å². The van der Waals surface area contributed by atoms with E-state index >= 15 is 0 Å². The standard InChI is InChI=1S/C24H32N4O/c1-25-23(27-19-24(12-5-13-24)21-6-3-2-4-7-21)26-18-20-8-10-22(11-9-20)28-14-16-29-17-15-28/h2-4,6-11H,5,12-19H2,1H3,(H2,25,26,27). The van der Waals surface area contributed by atoms with Crippen LogP contribution >= 0.6 is 0 Å². The first kappa shape index (κ1) is 19.8. The number of guanidine groups is 1. The van der Waals surface area contributed by atoms with Crippen LogP contribution in [0.1, 0.15) is 30.4 Å². The Morgan fingerprint density at radius 1 is 1.00 bits per heavy atom. The zero-order valence-corrected chi connectivity index (χ0v) is 17.4. The molecule has 0 radical (unpaired) electrons. The van der Waals surface area contributed by atoms with E-state index in [2.05, 4.69) is 75.1 Å². The van der Waals surface area contributed by atoms with Crippen molar-refractivity contribution in [3.63, 3.8) is 0 Å². The van der Waals surface area contributed by atoms with Gasteiger partial charge in [-0.05, 0) is 36.1 Å². The van der Waals surface area contributed by atoms with Crippen LogP contribution in [0.3, 0.4) is 0 Å². The van der Waals surface area contributed by atoms with Gasteiger partial charge in [0.2, 0.25) is 0 Å². The van der Waals surface area contributed by atoms with Gasteiger partial charge in [0, 0.05) is 44.3 Å². The molecule has 0 amide bonds. The van der Waals surface area contributed by atoms with Crippen molar-refractivity contribution >= 4 is 11.6 Å². The number of ether oxygens (including phenoxy) is 1. The highest BCUT2D eigenvalue weighted by Crippen LogP contribution is 2.43. The maximum absolute atomic E-state index is 5.44. The van der Waals surface area contributed by atoms with Gasteiger partial charge in [0.1, 0.15) is 0 Å². The highest BCUT2D eigenvalue weighted by molar-refractivity contribution is 5.79. The lowest BCUT2D eigenvalue weighted by Crippen LogP contribution is -2.48. The van der Waals surface area contributed by atoms with Crippen molar-refractivity contribution in [3.05, 3.63) is 65.7 Å². The van der Waals surface area contributed by atoms with Gasteiger partial charge < -0.3 is 20.3 Å². The van der Waals surface area contributed by atoms with Gasteiger partial charge in [0.25, 0.3) is 0 Å². The van der Waals surface area contributed by atoms with Crippen molar-refractivity contribution in [3.8, 4) is 0 Å². The third kappa shape index (κ3) is 4.73. The number of benzene rings is 2. The topological polar surface area (TPSA) is 48.9 Å². The molecule has 2 aromatic rings. The summed E-state index contributed by atoms with van der Waals surface area (Å²) in [7, 11) is 1.84. The molecule has 154 valence electrons. The predicted octanol–water partition coefficient (Wildman–Crippen LogP) is 3.31. The van der Waals surface area contributed by atoms with Crippen molar-refractivity contribution in [2.24, 2.45) is 4.99 Å². The van der Waals surface area contributed by atoms with Gasteiger partial charge in [-0.15, -0.1) is 0 Å². The lowest BCUT2D eigenvalue weighted by Gasteiger charge is -2.43. The average molecular weight is 393 g/mol. The number of aliphatic imine (C=N–C) groups is 1. The van der Waals surface area contributed by atoms with Gasteiger partial charge in [-0.3, -0.25) is 4.99 Å². The molecule has 1 heterocycles. The SMILES string of the molecule is CN=C(NCc1ccc(N2CCOCC2)cc1)NCC1(c2ccccc2)CCC1. The molecule has 1 saturated heterocycles. The summed E-state index contributed by atoms with van der Waals surface area (Å²) in [6.07, 6.45) is 3.78. The molecule has 2 aromatic carbocycles. The summed E-state index contributed by atoms with van der Waals surface area (Å²) in [4.78, 5) is 6.80. The fourth-order valence-electron chi connectivity index (χ4n) is 4.27. The molecule has 2 fully saturated rings. The third-order valence-corrected chi connectivity index (χ3v) is 6.29. The quantitative estimate of drug-likeness (QED) is 0.585. The molecule has 1 aliphatic heterocycles. The minimum Gasteiger partial charge on any atom is -0.378 e. The van der Waals surface area contributed by atoms with Gasteiger partial charge in [0.15, 0.2) is 5.96 Å². The molecule has 0 spiro atoms. The molecule has 29 heavy (non-hydrogen) atoms. The Labute approximate surface area is 174 Å². The maximum atomic E-state index is 5.44. The van der Waals surface area contributed by atoms with E-state index in [9.17, 15) is 0 Å². The summed E-state index contributed by atoms with van der Waals surface area (Å²) in [6.45, 7) is 5.26. The van der Waals surface area contributed by atoms with Crippen molar-refractivity contribution in [1.82, 2.24) is 10.6 Å². The van der Waals surface area contributed by atoms with Crippen LogP contribution in [0.15, 0.2) is 59.6 Å². The minimum atomic E-state index is 0.249. The Hall–Kier alpha value is -2.53. The van der Waals surface area contributed by atoms with E-state index in [1.54, 1.807) is 0 Å². The fraction of sp³-hybridized carbons (Fsp3) is 0.458. The first-order chi connectivity index (χ1) is 14.3. The molecule has 0 bridgehead atoms. The summed E-state index contributed by atoms with van der Waals surface area (Å²) in [6, 6.07) is 19.7. The Kier molecular flexibility index (Phi) is 6.35. The lowest BCUT2D eigenvalue weighted by molar-refractivity contribution is 0.122. The molecule has 0 atom stereocenters. The van der Waals surface area contributed by atoms with E-state index < -0.39 is 0 Å². The average Bonchev–Trinajstić information content (AvgIpc) is 2.77. The van der Waals surface area contributed by atoms with Crippen molar-refractivity contribution in [2.45, 2.75) is 31.2 Å². The molecule has 0 unspecified atom stereocenters. The van der Waals surface area contributed by atoms with Gasteiger partial charge in [0.05, 0.1) is 13.2 Å². The molecular formula is C24H32N4O. The smallest absolute Gasteiger partial charge is 0.191 e. The maximum Gasteiger partial charge on any atom is 0.191 e. The highest BCUT2D eigenvalue weighted by Gasteiger charge is 2.38. The zero-order valence-electron chi connectivity index (χ0n) is 17.4. The summed E-state index contributed by atoms with van der Waals surface area (Å²) >= 11 is 0. The highest BCUT2D eigenvalue weighted by atomic mass is 16.5. The summed E-state index contributed by atoms with van der Waals surface area (Å²) < 4.78 is 5.44. The second kappa shape index (κ2) is 9.31. The molecule has 5 nitrogen and oxygen atoms in total. The fourth-order valence-corrected chi connectivity index (χ4v) is 4.27. The van der Waals surface area contributed by atoms with Gasteiger partial charge >= 0.3 is 0 Å². The second-order valence-electron chi connectivity index (χ2n) is 8.05. The van der Waals surface area contributed by atoms with Gasteiger partial charge in [-0.2, -0.15) is 0 Å². The monoisotopic (exact) mass is 392 g/mol. The Morgan fingerprint density at radius 2 is 1.72 bits per heavy atom. The van der Waals surface area contributed by atoms with E-state index in [0.29, 0.717) is 0 Å². The van der Waals surface area contributed by atoms with E-state index in [1.807, 2.05) is 7.05 Å². The molecule has 2 N–H and O–H groups in total. The largest absolute Gasteiger partial charge is 0.378 e. The first-order valence-corrected chi connectivity index (χ1v) is 10.7. The zero-order chi connectivity index (χ0) is 19.9. The lowest BCUT2D eigenvalue weighted by atomic mass is 9.64. The third-order valence-electron chi connectivity index (χ3n) is 6.29. The molecular weight excluding hydrogens is 360 g/mol. The predicted molar refractivity (Wildman–Crippen MR) is 120 cm³/mol. The van der Waals surface area contributed by atoms with Gasteiger partial charge in [-0.25, -0.2) is 0 Å². The van der Waals surface area contributed by atoms with E-state index in [0.717, 1.165) is 45.4 Å². The van der Waals surface area contributed by atoms with Crippen LogP contribution in [-0.2, 0) is 16.7 Å². The van der Waals surface area contributed by atoms with Crippen LogP contribution in [0.2, 0.25) is 0 Å². The molecule has 4 rings (SSSR count). The summed E-state index contributed by atoms with van der Waals surface area (Å²) in [5, 5.41) is 7.02. The number of nitrogens with one attached hydrogen (secondary N) is 2. The Balaban J connectivity index is 1.29. The summed E-state index contributed by atoms with van der Waals surface area (Å²) in [5.74, 6) is 0.865. The normalized spacial score (nSPS) is 18.8. The van der Waals surface area contributed by atoms with Crippen molar-refractivity contribution in [2.75, 3.05) is 44.8 Å². The minimum absolute atomic E-state index is 0.249. The number of anilines is 1. The number of hydrogen-bond acceptors (Lipinski definition) is 3. The molecule has 2 aliphatic rings. The van der Waals surface area contributed by atoms with Crippen LogP contribution in [-0.4, -0.2) is 45.9 Å². The molecule has 1 saturated carbocycles. The number of nitrogens with zero attached hydrogens (tertiary/aromatic N) is 2. The van der Waals surface area contributed by atoms with Crippen LogP contribution in [0.4, 0.5) is 5.69 Å². The number of morpholine rings is 1. The van der Waals surface area contributed by atoms with Crippen LogP contribution in [0.5, 0.6) is 0 Å². The van der Waals surface area contributed by atoms with Crippen molar-refractivity contribution in [1.29, 1.82) is 0 Å². The second-order valence-corrected chi connectivity index (χ2v) is 8.05. The molecule has 1 aliphatic carbocycles. The summed E-state index contributed by atoms with van der Waals surface area (Å²) in [5.41, 5.74) is 4.22. The van der Waals surface area contributed by atoms with Gasteiger partial charge in [-0.1, -0.05) is 48.9 Å². The van der Waals surface area contributed by atoms with Crippen LogP contribution in [0.25, 0.3) is 0 Å². The molecule has 0 aromatic heterocycles. The molecule has 5 heteroatoms.